The highest BCUT2D eigenvalue weighted by atomic mass is 35.5. The van der Waals surface area contributed by atoms with Crippen LogP contribution in [0.1, 0.15) is 51.6 Å². The summed E-state index contributed by atoms with van der Waals surface area (Å²) in [6.45, 7) is 5.03. The molecule has 4 heteroatoms. The first-order valence-electron chi connectivity index (χ1n) is 6.51. The number of rotatable bonds is 2. The zero-order valence-corrected chi connectivity index (χ0v) is 11.4. The second-order valence-corrected chi connectivity index (χ2v) is 5.63. The quantitative estimate of drug-likeness (QED) is 0.824. The molecular weight excluding hydrogens is 236 g/mol. The van der Waals surface area contributed by atoms with Crippen molar-refractivity contribution in [3.63, 3.8) is 0 Å². The van der Waals surface area contributed by atoms with Gasteiger partial charge in [0, 0.05) is 6.54 Å². The van der Waals surface area contributed by atoms with Crippen molar-refractivity contribution in [1.29, 1.82) is 0 Å². The van der Waals surface area contributed by atoms with Crippen molar-refractivity contribution < 1.29 is 5.11 Å². The standard InChI is InChI=1S/C13H21ClN2O/c1-3-16-12(11(14)9-15-16)13(17)7-4-5-10(2)6-8-13/h9-10,17H,3-8H2,1-2H3. The van der Waals surface area contributed by atoms with E-state index < -0.39 is 5.60 Å². The van der Waals surface area contributed by atoms with Crippen LogP contribution in [0.3, 0.4) is 0 Å². The molecule has 0 radical (unpaired) electrons. The molecule has 1 aliphatic carbocycles. The maximum absolute atomic E-state index is 10.9. The first-order valence-corrected chi connectivity index (χ1v) is 6.89. The van der Waals surface area contributed by atoms with E-state index in [1.807, 2.05) is 11.6 Å². The highest BCUT2D eigenvalue weighted by Gasteiger charge is 2.36. The van der Waals surface area contributed by atoms with Crippen molar-refractivity contribution in [2.45, 2.75) is 58.1 Å². The van der Waals surface area contributed by atoms with Gasteiger partial charge in [0.2, 0.25) is 0 Å². The molecule has 1 aliphatic rings. The smallest absolute Gasteiger partial charge is 0.108 e. The number of hydrogen-bond donors (Lipinski definition) is 1. The van der Waals surface area contributed by atoms with Gasteiger partial charge in [-0.25, -0.2) is 0 Å². The van der Waals surface area contributed by atoms with Gasteiger partial charge in [0.25, 0.3) is 0 Å². The lowest BCUT2D eigenvalue weighted by molar-refractivity contribution is 0.0112. The predicted molar refractivity (Wildman–Crippen MR) is 69.1 cm³/mol. The maximum atomic E-state index is 10.9. The molecule has 0 amide bonds. The van der Waals surface area contributed by atoms with Gasteiger partial charge in [0.15, 0.2) is 0 Å². The summed E-state index contributed by atoms with van der Waals surface area (Å²) in [6, 6.07) is 0. The second kappa shape index (κ2) is 4.99. The van der Waals surface area contributed by atoms with Crippen LogP contribution in [-0.4, -0.2) is 14.9 Å². The number of hydrogen-bond acceptors (Lipinski definition) is 2. The van der Waals surface area contributed by atoms with Gasteiger partial charge >= 0.3 is 0 Å². The van der Waals surface area contributed by atoms with Gasteiger partial charge in [0.05, 0.1) is 16.9 Å². The van der Waals surface area contributed by atoms with Crippen LogP contribution >= 0.6 is 11.6 Å². The fourth-order valence-electron chi connectivity index (χ4n) is 2.80. The average Bonchev–Trinajstić information content (AvgIpc) is 2.59. The number of nitrogens with zero attached hydrogens (tertiary/aromatic N) is 2. The summed E-state index contributed by atoms with van der Waals surface area (Å²) in [5.41, 5.74) is 0.0321. The Morgan fingerprint density at radius 2 is 2.29 bits per heavy atom. The van der Waals surface area contributed by atoms with Crippen LogP contribution in [0.15, 0.2) is 6.20 Å². The van der Waals surface area contributed by atoms with E-state index in [4.69, 9.17) is 11.6 Å². The summed E-state index contributed by atoms with van der Waals surface area (Å²) in [4.78, 5) is 0. The molecule has 0 bridgehead atoms. The highest BCUT2D eigenvalue weighted by Crippen LogP contribution is 2.40. The number of aryl methyl sites for hydroxylation is 1. The van der Waals surface area contributed by atoms with Crippen LogP contribution in [0.4, 0.5) is 0 Å². The highest BCUT2D eigenvalue weighted by molar-refractivity contribution is 6.31. The van der Waals surface area contributed by atoms with Crippen LogP contribution in [-0.2, 0) is 12.1 Å². The molecule has 0 aliphatic heterocycles. The molecule has 3 nitrogen and oxygen atoms in total. The van der Waals surface area contributed by atoms with Crippen LogP contribution in [0, 0.1) is 5.92 Å². The fraction of sp³-hybridized carbons (Fsp3) is 0.769. The topological polar surface area (TPSA) is 38.0 Å². The van der Waals surface area contributed by atoms with Crippen molar-refractivity contribution >= 4 is 11.6 Å². The van der Waals surface area contributed by atoms with Crippen LogP contribution in [0.5, 0.6) is 0 Å². The van der Waals surface area contributed by atoms with Gasteiger partial charge in [-0.15, -0.1) is 0 Å². The van der Waals surface area contributed by atoms with Crippen molar-refractivity contribution in [1.82, 2.24) is 9.78 Å². The minimum atomic E-state index is -0.783. The van der Waals surface area contributed by atoms with Gasteiger partial charge < -0.3 is 5.11 Å². The van der Waals surface area contributed by atoms with E-state index in [1.54, 1.807) is 6.20 Å². The Morgan fingerprint density at radius 1 is 1.53 bits per heavy atom. The van der Waals surface area contributed by atoms with Crippen LogP contribution in [0.25, 0.3) is 0 Å². The summed E-state index contributed by atoms with van der Waals surface area (Å²) >= 11 is 6.19. The molecule has 17 heavy (non-hydrogen) atoms. The molecule has 0 spiro atoms. The lowest BCUT2D eigenvalue weighted by Crippen LogP contribution is -2.29. The summed E-state index contributed by atoms with van der Waals surface area (Å²) in [5, 5.41) is 15.7. The van der Waals surface area contributed by atoms with Gasteiger partial charge in [-0.1, -0.05) is 24.9 Å². The van der Waals surface area contributed by atoms with Crippen molar-refractivity contribution in [3.05, 3.63) is 16.9 Å². The van der Waals surface area contributed by atoms with Gasteiger partial charge in [0.1, 0.15) is 5.60 Å². The number of halogens is 1. The first-order chi connectivity index (χ1) is 8.07. The zero-order chi connectivity index (χ0) is 12.5. The van der Waals surface area contributed by atoms with Crippen LogP contribution in [0.2, 0.25) is 5.02 Å². The Bertz CT molecular complexity index is 391. The van der Waals surface area contributed by atoms with E-state index in [-0.39, 0.29) is 0 Å². The summed E-state index contributed by atoms with van der Waals surface area (Å²) in [5.74, 6) is 0.695. The van der Waals surface area contributed by atoms with Crippen molar-refractivity contribution in [3.8, 4) is 0 Å². The van der Waals surface area contributed by atoms with E-state index in [0.717, 1.165) is 37.9 Å². The monoisotopic (exact) mass is 256 g/mol. The zero-order valence-electron chi connectivity index (χ0n) is 10.6. The summed E-state index contributed by atoms with van der Waals surface area (Å²) in [7, 11) is 0. The third-order valence-corrected chi connectivity index (χ3v) is 4.15. The largest absolute Gasteiger partial charge is 0.384 e. The third kappa shape index (κ3) is 2.50. The lowest BCUT2D eigenvalue weighted by atomic mass is 9.90. The minimum Gasteiger partial charge on any atom is -0.384 e. The van der Waals surface area contributed by atoms with Crippen molar-refractivity contribution in [2.75, 3.05) is 0 Å². The van der Waals surface area contributed by atoms with E-state index in [1.165, 1.54) is 6.42 Å². The van der Waals surface area contributed by atoms with E-state index in [2.05, 4.69) is 12.0 Å². The molecule has 0 aromatic carbocycles. The second-order valence-electron chi connectivity index (χ2n) is 5.22. The summed E-state index contributed by atoms with van der Waals surface area (Å²) in [6.07, 6.45) is 6.54. The van der Waals surface area contributed by atoms with E-state index in [9.17, 15) is 5.11 Å². The Hall–Kier alpha value is -0.540. The van der Waals surface area contributed by atoms with E-state index in [0.29, 0.717) is 10.9 Å². The molecule has 1 fully saturated rings. The Balaban J connectivity index is 2.32. The summed E-state index contributed by atoms with van der Waals surface area (Å²) < 4.78 is 1.83. The van der Waals surface area contributed by atoms with Crippen molar-refractivity contribution in [2.24, 2.45) is 5.92 Å². The Labute approximate surface area is 108 Å². The molecule has 1 saturated carbocycles. The predicted octanol–water partition coefficient (Wildman–Crippen LogP) is 3.34. The molecule has 1 heterocycles. The van der Waals surface area contributed by atoms with Crippen LogP contribution < -0.4 is 0 Å². The van der Waals surface area contributed by atoms with E-state index >= 15 is 0 Å². The molecule has 2 unspecified atom stereocenters. The molecule has 2 atom stereocenters. The Morgan fingerprint density at radius 3 is 3.00 bits per heavy atom. The molecule has 1 aromatic heterocycles. The van der Waals surface area contributed by atoms with Gasteiger partial charge in [-0.05, 0) is 38.5 Å². The molecule has 0 saturated heterocycles. The Kier molecular flexibility index (Phi) is 3.79. The first kappa shape index (κ1) is 12.9. The minimum absolute atomic E-state index is 0.601. The average molecular weight is 257 g/mol. The normalized spacial score (nSPS) is 30.2. The van der Waals surface area contributed by atoms with Gasteiger partial charge in [-0.3, -0.25) is 4.68 Å². The molecule has 1 aromatic rings. The lowest BCUT2D eigenvalue weighted by Gasteiger charge is -2.28. The maximum Gasteiger partial charge on any atom is 0.108 e. The third-order valence-electron chi connectivity index (χ3n) is 3.87. The molecule has 2 rings (SSSR count). The fourth-order valence-corrected chi connectivity index (χ4v) is 3.12. The SMILES string of the molecule is CCn1ncc(Cl)c1C1(O)CCCC(C)CC1. The molecule has 96 valence electrons. The molecular formula is C13H21ClN2O. The molecule has 1 N–H and O–H groups in total. The number of aliphatic hydroxyl groups is 1. The number of aromatic nitrogens is 2. The van der Waals surface area contributed by atoms with Gasteiger partial charge in [-0.2, -0.15) is 5.10 Å².